The molecule has 2 aliphatic rings. The molecule has 0 atom stereocenters. The van der Waals surface area contributed by atoms with Crippen molar-refractivity contribution in [3.05, 3.63) is 230 Å². The predicted octanol–water partition coefficient (Wildman–Crippen LogP) is 15.3. The lowest BCUT2D eigenvalue weighted by atomic mass is 9.36. The van der Waals surface area contributed by atoms with Crippen LogP contribution < -0.4 is 26.2 Å². The average molecular weight is 958 g/mol. The third kappa shape index (κ3) is 6.63. The number of fused-ring (bicyclic) bond motifs is 11. The zero-order chi connectivity index (χ0) is 47.2. The molecule has 0 N–H and O–H groups in total. The first-order valence-corrected chi connectivity index (χ1v) is 25.9. The summed E-state index contributed by atoms with van der Waals surface area (Å²) in [7, 11) is 0. The highest BCUT2D eigenvalue weighted by molar-refractivity contribution is 8.01. The standard InChI is InChI=1S/C62H36BN5S3/c64-37-39-23-27-43(28-24-39)66(41-13-3-1-4-14-41)45-31-32-50-55(33-45)69-56-34-46(68-51-20-10-7-17-47(51)48-18-8-11-21-52(48)68)35-57-60(56)63(50)61-58(70-57)36-53(59-49-19-9-12-22-54(49)71-62(59)61)67(42-15-5-2-6-16-42)44-29-25-40(38-65)26-30-44/h1-36H. The van der Waals surface area contributed by atoms with Crippen molar-refractivity contribution in [3.63, 3.8) is 0 Å². The second-order valence-electron chi connectivity index (χ2n) is 17.9. The van der Waals surface area contributed by atoms with Gasteiger partial charge in [0.2, 0.25) is 6.71 Å². The molecule has 10 aromatic carbocycles. The zero-order valence-electron chi connectivity index (χ0n) is 37.8. The Balaban J connectivity index is 1.05. The number of rotatable bonds is 7. The van der Waals surface area contributed by atoms with E-state index in [2.05, 4.69) is 208 Å². The Kier molecular flexibility index (Phi) is 9.72. The van der Waals surface area contributed by atoms with Gasteiger partial charge in [-0.05, 0) is 132 Å². The molecule has 2 aromatic heterocycles. The van der Waals surface area contributed by atoms with Gasteiger partial charge in [0.15, 0.2) is 0 Å². The number of hydrogen-bond acceptors (Lipinski definition) is 7. The number of para-hydroxylation sites is 4. The molecule has 0 bridgehead atoms. The quantitative estimate of drug-likeness (QED) is 0.148. The van der Waals surface area contributed by atoms with Crippen LogP contribution in [0.1, 0.15) is 11.1 Å². The number of nitrogens with zero attached hydrogens (tertiary/aromatic N) is 5. The molecule has 71 heavy (non-hydrogen) atoms. The molecule has 14 rings (SSSR count). The van der Waals surface area contributed by atoms with Crippen molar-refractivity contribution in [1.29, 1.82) is 10.5 Å². The van der Waals surface area contributed by atoms with E-state index in [9.17, 15) is 10.5 Å². The first-order chi connectivity index (χ1) is 35.1. The average Bonchev–Trinajstić information content (AvgIpc) is 3.99. The number of nitriles is 2. The van der Waals surface area contributed by atoms with Crippen molar-refractivity contribution in [1.82, 2.24) is 4.57 Å². The normalized spacial score (nSPS) is 12.3. The third-order valence-corrected chi connectivity index (χ3v) is 17.4. The number of anilines is 6. The lowest BCUT2D eigenvalue weighted by molar-refractivity contribution is 1.14. The van der Waals surface area contributed by atoms with Crippen LogP contribution >= 0.6 is 34.9 Å². The largest absolute Gasteiger partial charge is 0.310 e. The monoisotopic (exact) mass is 957 g/mol. The second kappa shape index (κ2) is 16.6. The maximum Gasteiger partial charge on any atom is 0.248 e. The summed E-state index contributed by atoms with van der Waals surface area (Å²) < 4.78 is 4.97. The van der Waals surface area contributed by atoms with Gasteiger partial charge in [0.05, 0.1) is 40.0 Å². The minimum absolute atomic E-state index is 0.0569. The summed E-state index contributed by atoms with van der Waals surface area (Å²) in [6.45, 7) is -0.0569. The summed E-state index contributed by atoms with van der Waals surface area (Å²) in [5.74, 6) is 0. The number of thiophene rings is 1. The van der Waals surface area contributed by atoms with Crippen molar-refractivity contribution in [2.24, 2.45) is 0 Å². The third-order valence-electron chi connectivity index (χ3n) is 13.9. The van der Waals surface area contributed by atoms with E-state index < -0.39 is 0 Å². The predicted molar refractivity (Wildman–Crippen MR) is 298 cm³/mol. The molecular formula is C62H36BN5S3. The second-order valence-corrected chi connectivity index (χ2v) is 21.1. The minimum Gasteiger partial charge on any atom is -0.310 e. The highest BCUT2D eigenvalue weighted by Gasteiger charge is 2.41. The van der Waals surface area contributed by atoms with Crippen molar-refractivity contribution in [3.8, 4) is 17.8 Å². The Bertz CT molecular complexity index is 4140. The fourth-order valence-corrected chi connectivity index (χ4v) is 14.8. The molecule has 0 spiro atoms. The molecule has 0 amide bonds. The summed E-state index contributed by atoms with van der Waals surface area (Å²) in [4.78, 5) is 9.59. The van der Waals surface area contributed by atoms with Crippen LogP contribution in [-0.2, 0) is 0 Å². The molecule has 0 unspecified atom stereocenters. The van der Waals surface area contributed by atoms with Crippen LogP contribution in [0.15, 0.2) is 238 Å². The van der Waals surface area contributed by atoms with E-state index in [1.807, 2.05) is 71.3 Å². The molecule has 0 saturated heterocycles. The van der Waals surface area contributed by atoms with Crippen molar-refractivity contribution in [2.45, 2.75) is 19.6 Å². The molecule has 5 nitrogen and oxygen atoms in total. The van der Waals surface area contributed by atoms with E-state index in [0.717, 1.165) is 39.8 Å². The Morgan fingerprint density at radius 1 is 0.423 bits per heavy atom. The molecule has 0 aliphatic carbocycles. The number of benzene rings is 10. The Morgan fingerprint density at radius 3 is 1.54 bits per heavy atom. The number of hydrogen-bond donors (Lipinski definition) is 0. The first kappa shape index (κ1) is 41.5. The summed E-state index contributed by atoms with van der Waals surface area (Å²) in [6, 6.07) is 82.3. The topological polar surface area (TPSA) is 59.0 Å². The van der Waals surface area contributed by atoms with Gasteiger partial charge >= 0.3 is 0 Å². The van der Waals surface area contributed by atoms with Gasteiger partial charge in [-0.1, -0.05) is 126 Å². The molecule has 12 aromatic rings. The van der Waals surface area contributed by atoms with Gasteiger partial charge in [0.25, 0.3) is 0 Å². The summed E-state index contributed by atoms with van der Waals surface area (Å²) >= 11 is 5.64. The highest BCUT2D eigenvalue weighted by Crippen LogP contribution is 2.50. The van der Waals surface area contributed by atoms with Crippen molar-refractivity contribution < 1.29 is 0 Å². The lowest BCUT2D eigenvalue weighted by Crippen LogP contribution is -2.58. The van der Waals surface area contributed by atoms with Crippen LogP contribution in [0.5, 0.6) is 0 Å². The highest BCUT2D eigenvalue weighted by atomic mass is 32.2. The maximum absolute atomic E-state index is 9.86. The van der Waals surface area contributed by atoms with Crippen molar-refractivity contribution in [2.75, 3.05) is 9.80 Å². The van der Waals surface area contributed by atoms with Gasteiger partial charge in [-0.25, -0.2) is 0 Å². The van der Waals surface area contributed by atoms with Gasteiger partial charge in [0.1, 0.15) is 0 Å². The van der Waals surface area contributed by atoms with Crippen LogP contribution in [0.2, 0.25) is 0 Å². The van der Waals surface area contributed by atoms with Gasteiger partial charge in [-0.15, -0.1) is 11.3 Å². The Hall–Kier alpha value is -8.44. The van der Waals surface area contributed by atoms with Crippen molar-refractivity contribution >= 4 is 134 Å². The summed E-state index contributed by atoms with van der Waals surface area (Å²) in [5, 5.41) is 24.5. The first-order valence-electron chi connectivity index (χ1n) is 23.5. The molecule has 2 aliphatic heterocycles. The molecule has 0 fully saturated rings. The van der Waals surface area contributed by atoms with E-state index in [4.69, 9.17) is 0 Å². The smallest absolute Gasteiger partial charge is 0.248 e. The summed E-state index contributed by atoms with van der Waals surface area (Å²) in [6.07, 6.45) is 0. The molecule has 0 saturated carbocycles. The van der Waals surface area contributed by atoms with E-state index in [0.29, 0.717) is 11.1 Å². The van der Waals surface area contributed by atoms with Crippen LogP contribution in [0.3, 0.4) is 0 Å². The van der Waals surface area contributed by atoms with E-state index >= 15 is 0 Å². The zero-order valence-corrected chi connectivity index (χ0v) is 40.3. The Labute approximate surface area is 423 Å². The van der Waals surface area contributed by atoms with Crippen LogP contribution in [-0.4, -0.2) is 11.3 Å². The SMILES string of the molecule is N#Cc1ccc(N(c2ccccc2)c2ccc3c(c2)Sc2cc(-n4c5ccccc5c5ccccc54)cc4c2B3c2c(cc(N(c3ccccc3)c3ccc(C#N)cc3)c3c2sc2ccccc23)S4)cc1. The number of aromatic nitrogens is 1. The fraction of sp³-hybridized carbons (Fsp3) is 0. The lowest BCUT2D eigenvalue weighted by Gasteiger charge is -2.36. The van der Waals surface area contributed by atoms with E-state index in [1.165, 1.54) is 77.9 Å². The molecule has 4 heterocycles. The molecule has 9 heteroatoms. The van der Waals surface area contributed by atoms with Crippen LogP contribution in [0.4, 0.5) is 34.1 Å². The van der Waals surface area contributed by atoms with E-state index in [1.54, 1.807) is 0 Å². The van der Waals surface area contributed by atoms with Crippen LogP contribution in [0, 0.1) is 22.7 Å². The Morgan fingerprint density at radius 2 is 0.915 bits per heavy atom. The van der Waals surface area contributed by atoms with Gasteiger partial charge < -0.3 is 14.4 Å². The van der Waals surface area contributed by atoms with Crippen LogP contribution in [0.25, 0.3) is 47.7 Å². The molecule has 330 valence electrons. The fourth-order valence-electron chi connectivity index (χ4n) is 10.9. The van der Waals surface area contributed by atoms with Gasteiger partial charge in [0, 0.05) is 84.7 Å². The maximum atomic E-state index is 9.86. The minimum atomic E-state index is -0.0569. The van der Waals surface area contributed by atoms with E-state index in [-0.39, 0.29) is 6.71 Å². The molecule has 0 radical (unpaired) electrons. The molecular weight excluding hydrogens is 922 g/mol. The summed E-state index contributed by atoms with van der Waals surface area (Å²) in [5.41, 5.74) is 14.9. The van der Waals surface area contributed by atoms with Gasteiger partial charge in [-0.3, -0.25) is 0 Å². The van der Waals surface area contributed by atoms with Gasteiger partial charge in [-0.2, -0.15) is 10.5 Å².